The molecule has 4 nitrogen and oxygen atoms in total. The van der Waals surface area contributed by atoms with Crippen molar-refractivity contribution >= 4 is 39.2 Å². The van der Waals surface area contributed by atoms with E-state index in [0.29, 0.717) is 12.1 Å². The lowest BCUT2D eigenvalue weighted by molar-refractivity contribution is 0.474. The normalized spacial score (nSPS) is 10.7. The van der Waals surface area contributed by atoms with Crippen molar-refractivity contribution in [1.29, 1.82) is 0 Å². The molecule has 0 aliphatic rings. The zero-order valence-corrected chi connectivity index (χ0v) is 12.7. The summed E-state index contributed by atoms with van der Waals surface area (Å²) in [6.45, 7) is 0.528. The van der Waals surface area contributed by atoms with Crippen LogP contribution in [0.2, 0.25) is 0 Å². The highest BCUT2D eigenvalue weighted by Gasteiger charge is 2.10. The lowest BCUT2D eigenvalue weighted by Gasteiger charge is -2.11. The van der Waals surface area contributed by atoms with Crippen molar-refractivity contribution < 1.29 is 5.11 Å². The summed E-state index contributed by atoms with van der Waals surface area (Å²) in [6, 6.07) is 9.62. The Hall–Kier alpha value is -1.89. The monoisotopic (exact) mass is 377 g/mol. The van der Waals surface area contributed by atoms with E-state index in [2.05, 4.69) is 37.9 Å². The van der Waals surface area contributed by atoms with E-state index in [-0.39, 0.29) is 5.75 Å². The molecule has 0 fully saturated rings. The fourth-order valence-corrected chi connectivity index (χ4v) is 2.85. The molecule has 2 heterocycles. The first-order valence-electron chi connectivity index (χ1n) is 6.14. The van der Waals surface area contributed by atoms with Crippen LogP contribution in [0.5, 0.6) is 5.75 Å². The molecule has 0 saturated carbocycles. The SMILES string of the molecule is Oc1c(CNc2cccnc2)cc(I)c2cccnc12. The lowest BCUT2D eigenvalue weighted by Crippen LogP contribution is -2.01. The average molecular weight is 377 g/mol. The highest BCUT2D eigenvalue weighted by molar-refractivity contribution is 14.1. The zero-order valence-electron chi connectivity index (χ0n) is 10.5. The molecule has 0 aliphatic heterocycles. The number of nitrogens with one attached hydrogen (secondary N) is 1. The predicted molar refractivity (Wildman–Crippen MR) is 87.7 cm³/mol. The number of fused-ring (bicyclic) bond motifs is 1. The van der Waals surface area contributed by atoms with Crippen LogP contribution in [-0.2, 0) is 6.54 Å². The Kier molecular flexibility index (Phi) is 3.68. The maximum Gasteiger partial charge on any atom is 0.146 e. The molecule has 2 N–H and O–H groups in total. The van der Waals surface area contributed by atoms with Crippen LogP contribution in [0.4, 0.5) is 5.69 Å². The molecule has 0 bridgehead atoms. The van der Waals surface area contributed by atoms with Crippen molar-refractivity contribution in [2.45, 2.75) is 6.54 Å². The fourth-order valence-electron chi connectivity index (χ4n) is 2.04. The molecule has 1 aromatic carbocycles. The van der Waals surface area contributed by atoms with Gasteiger partial charge in [0.1, 0.15) is 11.3 Å². The minimum Gasteiger partial charge on any atom is -0.505 e. The number of benzene rings is 1. The molecule has 0 unspecified atom stereocenters. The number of halogens is 1. The third-order valence-electron chi connectivity index (χ3n) is 3.04. The Morgan fingerprint density at radius 2 is 2.05 bits per heavy atom. The van der Waals surface area contributed by atoms with E-state index in [4.69, 9.17) is 0 Å². The van der Waals surface area contributed by atoms with Gasteiger partial charge in [-0.25, -0.2) is 0 Å². The van der Waals surface area contributed by atoms with Crippen LogP contribution in [0.1, 0.15) is 5.56 Å². The molecule has 0 atom stereocenters. The summed E-state index contributed by atoms with van der Waals surface area (Å²) in [7, 11) is 0. The number of hydrogen-bond donors (Lipinski definition) is 2. The maximum atomic E-state index is 10.3. The van der Waals surface area contributed by atoms with Crippen LogP contribution < -0.4 is 5.32 Å². The molecule has 0 spiro atoms. The molecule has 20 heavy (non-hydrogen) atoms. The van der Waals surface area contributed by atoms with Gasteiger partial charge in [0, 0.05) is 39.7 Å². The Bertz CT molecular complexity index is 747. The number of aromatic nitrogens is 2. The first-order valence-corrected chi connectivity index (χ1v) is 7.22. The van der Waals surface area contributed by atoms with Gasteiger partial charge in [0.25, 0.3) is 0 Å². The van der Waals surface area contributed by atoms with Crippen molar-refractivity contribution in [2.24, 2.45) is 0 Å². The molecule has 5 heteroatoms. The minimum atomic E-state index is 0.234. The van der Waals surface area contributed by atoms with Crippen LogP contribution in [0, 0.1) is 3.57 Å². The molecule has 0 aliphatic carbocycles. The summed E-state index contributed by atoms with van der Waals surface area (Å²) < 4.78 is 1.08. The van der Waals surface area contributed by atoms with Crippen molar-refractivity contribution in [2.75, 3.05) is 5.32 Å². The largest absolute Gasteiger partial charge is 0.505 e. The minimum absolute atomic E-state index is 0.234. The molecular formula is C15H12IN3O. The molecule has 3 rings (SSSR count). The van der Waals surface area contributed by atoms with Gasteiger partial charge in [-0.1, -0.05) is 6.07 Å². The van der Waals surface area contributed by atoms with Gasteiger partial charge in [0.05, 0.1) is 5.69 Å². The Labute approximate surface area is 130 Å². The number of rotatable bonds is 3. The van der Waals surface area contributed by atoms with Gasteiger partial charge in [-0.2, -0.15) is 0 Å². The molecule has 0 radical (unpaired) electrons. The zero-order chi connectivity index (χ0) is 13.9. The van der Waals surface area contributed by atoms with Crippen LogP contribution in [0.25, 0.3) is 10.9 Å². The summed E-state index contributed by atoms with van der Waals surface area (Å²) in [5, 5.41) is 14.5. The van der Waals surface area contributed by atoms with Crippen LogP contribution in [0.15, 0.2) is 48.9 Å². The summed E-state index contributed by atoms with van der Waals surface area (Å²) in [5.74, 6) is 0.234. The van der Waals surface area contributed by atoms with Crippen molar-refractivity contribution in [3.8, 4) is 5.75 Å². The lowest BCUT2D eigenvalue weighted by atomic mass is 10.1. The summed E-state index contributed by atoms with van der Waals surface area (Å²) >= 11 is 2.26. The molecule has 3 aromatic rings. The van der Waals surface area contributed by atoms with Crippen LogP contribution in [0.3, 0.4) is 0 Å². The summed E-state index contributed by atoms with van der Waals surface area (Å²) in [6.07, 6.45) is 5.17. The fraction of sp³-hybridized carbons (Fsp3) is 0.0667. The highest BCUT2D eigenvalue weighted by atomic mass is 127. The standard InChI is InChI=1S/C15H12IN3O/c16-13-7-10(8-19-11-3-1-5-17-9-11)15(20)14-12(13)4-2-6-18-14/h1-7,9,19-20H,8H2. The van der Waals surface area contributed by atoms with Crippen molar-refractivity contribution in [1.82, 2.24) is 9.97 Å². The average Bonchev–Trinajstić information content (AvgIpc) is 2.50. The number of phenols is 1. The number of nitrogens with zero attached hydrogens (tertiary/aromatic N) is 2. The first kappa shape index (κ1) is 13.1. The molecule has 2 aromatic heterocycles. The third-order valence-corrected chi connectivity index (χ3v) is 3.93. The Morgan fingerprint density at radius 3 is 2.85 bits per heavy atom. The van der Waals surface area contributed by atoms with Gasteiger partial charge in [-0.15, -0.1) is 0 Å². The quantitative estimate of drug-likeness (QED) is 0.686. The molecule has 0 amide bonds. The van der Waals surface area contributed by atoms with Gasteiger partial charge in [-0.3, -0.25) is 9.97 Å². The van der Waals surface area contributed by atoms with Gasteiger partial charge in [-0.05, 0) is 46.9 Å². The number of pyridine rings is 2. The second-order valence-corrected chi connectivity index (χ2v) is 5.52. The van der Waals surface area contributed by atoms with Gasteiger partial charge < -0.3 is 10.4 Å². The smallest absolute Gasteiger partial charge is 0.146 e. The van der Waals surface area contributed by atoms with E-state index in [0.717, 1.165) is 20.2 Å². The highest BCUT2D eigenvalue weighted by Crippen LogP contribution is 2.31. The van der Waals surface area contributed by atoms with Gasteiger partial charge in [0.2, 0.25) is 0 Å². The van der Waals surface area contributed by atoms with Gasteiger partial charge in [0.15, 0.2) is 0 Å². The topological polar surface area (TPSA) is 58.0 Å². The van der Waals surface area contributed by atoms with Crippen molar-refractivity contribution in [3.05, 3.63) is 58.1 Å². The van der Waals surface area contributed by atoms with E-state index in [1.54, 1.807) is 18.6 Å². The Morgan fingerprint density at radius 1 is 1.20 bits per heavy atom. The van der Waals surface area contributed by atoms with Gasteiger partial charge >= 0.3 is 0 Å². The van der Waals surface area contributed by atoms with Crippen LogP contribution in [-0.4, -0.2) is 15.1 Å². The van der Waals surface area contributed by atoms with Crippen LogP contribution >= 0.6 is 22.6 Å². The van der Waals surface area contributed by atoms with E-state index >= 15 is 0 Å². The Balaban J connectivity index is 1.94. The third kappa shape index (κ3) is 2.53. The predicted octanol–water partition coefficient (Wildman–Crippen LogP) is 3.55. The second kappa shape index (κ2) is 5.62. The number of hydrogen-bond acceptors (Lipinski definition) is 4. The summed E-state index contributed by atoms with van der Waals surface area (Å²) in [5.41, 5.74) is 2.38. The number of aromatic hydroxyl groups is 1. The van der Waals surface area contributed by atoms with Crippen molar-refractivity contribution in [3.63, 3.8) is 0 Å². The summed E-state index contributed by atoms with van der Waals surface area (Å²) in [4.78, 5) is 8.31. The van der Waals surface area contributed by atoms with E-state index in [9.17, 15) is 5.11 Å². The number of anilines is 1. The maximum absolute atomic E-state index is 10.3. The van der Waals surface area contributed by atoms with E-state index in [1.165, 1.54) is 0 Å². The van der Waals surface area contributed by atoms with E-state index in [1.807, 2.05) is 30.3 Å². The first-order chi connectivity index (χ1) is 9.75. The second-order valence-electron chi connectivity index (χ2n) is 4.36. The number of phenolic OH excluding ortho intramolecular Hbond substituents is 1. The molecular weight excluding hydrogens is 365 g/mol. The van der Waals surface area contributed by atoms with E-state index < -0.39 is 0 Å². The molecule has 100 valence electrons. The molecule has 0 saturated heterocycles.